The van der Waals surface area contributed by atoms with Crippen LogP contribution < -0.4 is 4.90 Å². The summed E-state index contributed by atoms with van der Waals surface area (Å²) in [6, 6.07) is 4.10. The highest BCUT2D eigenvalue weighted by atomic mass is 35.5. The van der Waals surface area contributed by atoms with Crippen LogP contribution in [0.25, 0.3) is 0 Å². The summed E-state index contributed by atoms with van der Waals surface area (Å²) >= 11 is 9.35. The van der Waals surface area contributed by atoms with E-state index in [1.54, 1.807) is 22.7 Å². The molecule has 18 heavy (non-hydrogen) atoms. The molecule has 1 aliphatic heterocycles. The van der Waals surface area contributed by atoms with Crippen LogP contribution in [0, 0.1) is 0 Å². The molecule has 0 spiro atoms. The standard InChI is InChI=1S/C12H14ClN3S2/c13-11-2-1-10(18-11)9-15-4-6-16(7-5-15)12-14-3-8-17-12/h1-3,8H,4-7,9H2. The lowest BCUT2D eigenvalue weighted by atomic mass is 10.3. The van der Waals surface area contributed by atoms with Crippen LogP contribution in [0.4, 0.5) is 5.13 Å². The van der Waals surface area contributed by atoms with E-state index in [-0.39, 0.29) is 0 Å². The number of piperazine rings is 1. The fourth-order valence-electron chi connectivity index (χ4n) is 2.13. The van der Waals surface area contributed by atoms with Gasteiger partial charge in [0.1, 0.15) is 0 Å². The molecule has 6 heteroatoms. The molecule has 0 atom stereocenters. The second-order valence-corrected chi connectivity index (χ2v) is 6.96. The van der Waals surface area contributed by atoms with Crippen molar-refractivity contribution in [3.63, 3.8) is 0 Å². The molecular formula is C12H14ClN3S2. The Morgan fingerprint density at radius 3 is 2.67 bits per heavy atom. The van der Waals surface area contributed by atoms with Crippen molar-refractivity contribution in [2.24, 2.45) is 0 Å². The van der Waals surface area contributed by atoms with Gasteiger partial charge in [-0.1, -0.05) is 11.6 Å². The Kier molecular flexibility index (Phi) is 3.84. The summed E-state index contributed by atoms with van der Waals surface area (Å²) in [6.07, 6.45) is 1.88. The second kappa shape index (κ2) is 5.57. The summed E-state index contributed by atoms with van der Waals surface area (Å²) in [7, 11) is 0. The first-order valence-electron chi connectivity index (χ1n) is 5.92. The fourth-order valence-corrected chi connectivity index (χ4v) is 3.95. The number of anilines is 1. The van der Waals surface area contributed by atoms with E-state index < -0.39 is 0 Å². The number of thiazole rings is 1. The SMILES string of the molecule is Clc1ccc(CN2CCN(c3nccs3)CC2)s1. The molecule has 1 saturated heterocycles. The molecule has 3 nitrogen and oxygen atoms in total. The van der Waals surface area contributed by atoms with Gasteiger partial charge in [-0.25, -0.2) is 4.98 Å². The van der Waals surface area contributed by atoms with Gasteiger partial charge in [0.2, 0.25) is 0 Å². The quantitative estimate of drug-likeness (QED) is 0.868. The van der Waals surface area contributed by atoms with Crippen molar-refractivity contribution in [1.82, 2.24) is 9.88 Å². The molecule has 96 valence electrons. The van der Waals surface area contributed by atoms with Crippen molar-refractivity contribution in [1.29, 1.82) is 0 Å². The summed E-state index contributed by atoms with van der Waals surface area (Å²) in [4.78, 5) is 10.6. The van der Waals surface area contributed by atoms with Gasteiger partial charge in [-0.2, -0.15) is 0 Å². The molecule has 1 fully saturated rings. The Bertz CT molecular complexity index is 489. The van der Waals surface area contributed by atoms with E-state index in [1.165, 1.54) is 4.88 Å². The van der Waals surface area contributed by atoms with Gasteiger partial charge >= 0.3 is 0 Å². The van der Waals surface area contributed by atoms with Crippen molar-refractivity contribution < 1.29 is 0 Å². The van der Waals surface area contributed by atoms with Crippen molar-refractivity contribution in [3.8, 4) is 0 Å². The summed E-state index contributed by atoms with van der Waals surface area (Å²) in [6.45, 7) is 5.33. The van der Waals surface area contributed by atoms with Gasteiger partial charge in [0.25, 0.3) is 0 Å². The van der Waals surface area contributed by atoms with E-state index in [0.717, 1.165) is 42.2 Å². The third kappa shape index (κ3) is 2.85. The zero-order valence-corrected chi connectivity index (χ0v) is 12.3. The maximum absolute atomic E-state index is 5.95. The topological polar surface area (TPSA) is 19.4 Å². The van der Waals surface area contributed by atoms with Crippen LogP contribution in [0.3, 0.4) is 0 Å². The molecule has 0 N–H and O–H groups in total. The van der Waals surface area contributed by atoms with Crippen molar-refractivity contribution in [2.75, 3.05) is 31.1 Å². The lowest BCUT2D eigenvalue weighted by molar-refractivity contribution is 0.252. The van der Waals surface area contributed by atoms with Gasteiger partial charge in [0.05, 0.1) is 4.34 Å². The number of hydrogen-bond donors (Lipinski definition) is 0. The fraction of sp³-hybridized carbons (Fsp3) is 0.417. The number of aromatic nitrogens is 1. The predicted molar refractivity (Wildman–Crippen MR) is 78.9 cm³/mol. The number of nitrogens with zero attached hydrogens (tertiary/aromatic N) is 3. The Balaban J connectivity index is 1.54. The molecule has 3 heterocycles. The zero-order valence-electron chi connectivity index (χ0n) is 9.88. The average Bonchev–Trinajstić information content (AvgIpc) is 3.02. The first-order valence-corrected chi connectivity index (χ1v) is 8.00. The number of thiophene rings is 1. The maximum Gasteiger partial charge on any atom is 0.185 e. The summed E-state index contributed by atoms with van der Waals surface area (Å²) in [5.41, 5.74) is 0. The van der Waals surface area contributed by atoms with Crippen molar-refractivity contribution >= 4 is 39.4 Å². The lowest BCUT2D eigenvalue weighted by Gasteiger charge is -2.34. The Labute approximate surface area is 120 Å². The Hall–Kier alpha value is -0.620. The molecule has 3 rings (SSSR count). The lowest BCUT2D eigenvalue weighted by Crippen LogP contribution is -2.45. The van der Waals surface area contributed by atoms with Gasteiger partial charge in [-0.3, -0.25) is 4.90 Å². The minimum atomic E-state index is 0.881. The third-order valence-corrected chi connectivity index (χ3v) is 5.12. The molecule has 2 aromatic heterocycles. The molecule has 2 aromatic rings. The van der Waals surface area contributed by atoms with Crippen LogP contribution in [-0.4, -0.2) is 36.1 Å². The summed E-state index contributed by atoms with van der Waals surface area (Å²) in [5.74, 6) is 0. The molecule has 0 unspecified atom stereocenters. The van der Waals surface area contributed by atoms with Crippen LogP contribution >= 0.6 is 34.3 Å². The highest BCUT2D eigenvalue weighted by molar-refractivity contribution is 7.16. The first kappa shape index (κ1) is 12.4. The van der Waals surface area contributed by atoms with Crippen molar-refractivity contribution in [3.05, 3.63) is 32.9 Å². The third-order valence-electron chi connectivity index (χ3n) is 3.07. The molecule has 0 amide bonds. The number of hydrogen-bond acceptors (Lipinski definition) is 5. The van der Waals surface area contributed by atoms with Gasteiger partial charge in [-0.05, 0) is 12.1 Å². The molecule has 0 bridgehead atoms. The van der Waals surface area contributed by atoms with Gasteiger partial charge in [-0.15, -0.1) is 22.7 Å². The highest BCUT2D eigenvalue weighted by Gasteiger charge is 2.18. The van der Waals surface area contributed by atoms with E-state index in [0.29, 0.717) is 0 Å². The normalized spacial score (nSPS) is 17.3. The molecule has 0 aromatic carbocycles. The van der Waals surface area contributed by atoms with Crippen LogP contribution in [0.1, 0.15) is 4.88 Å². The van der Waals surface area contributed by atoms with E-state index in [1.807, 2.05) is 17.6 Å². The largest absolute Gasteiger partial charge is 0.346 e. The molecule has 1 aliphatic rings. The van der Waals surface area contributed by atoms with Crippen LogP contribution in [0.5, 0.6) is 0 Å². The smallest absolute Gasteiger partial charge is 0.185 e. The van der Waals surface area contributed by atoms with Crippen LogP contribution in [0.2, 0.25) is 4.34 Å². The zero-order chi connectivity index (χ0) is 12.4. The molecule has 0 radical (unpaired) electrons. The van der Waals surface area contributed by atoms with Crippen LogP contribution in [0.15, 0.2) is 23.7 Å². The summed E-state index contributed by atoms with van der Waals surface area (Å²) in [5, 5.41) is 3.18. The van der Waals surface area contributed by atoms with Gasteiger partial charge < -0.3 is 4.90 Å². The van der Waals surface area contributed by atoms with E-state index in [4.69, 9.17) is 11.6 Å². The van der Waals surface area contributed by atoms with Crippen molar-refractivity contribution in [2.45, 2.75) is 6.54 Å². The van der Waals surface area contributed by atoms with Crippen LogP contribution in [-0.2, 0) is 6.54 Å². The Morgan fingerprint density at radius 1 is 1.22 bits per heavy atom. The first-order chi connectivity index (χ1) is 8.81. The highest BCUT2D eigenvalue weighted by Crippen LogP contribution is 2.24. The minimum absolute atomic E-state index is 0.881. The van der Waals surface area contributed by atoms with Gasteiger partial charge in [0.15, 0.2) is 5.13 Å². The van der Waals surface area contributed by atoms with E-state index >= 15 is 0 Å². The molecule has 0 saturated carbocycles. The summed E-state index contributed by atoms with van der Waals surface area (Å²) < 4.78 is 0.881. The predicted octanol–water partition coefficient (Wildman–Crippen LogP) is 3.18. The second-order valence-electron chi connectivity index (χ2n) is 4.28. The number of halogens is 1. The average molecular weight is 300 g/mol. The number of rotatable bonds is 3. The van der Waals surface area contributed by atoms with Gasteiger partial charge in [0, 0.05) is 49.2 Å². The monoisotopic (exact) mass is 299 g/mol. The van der Waals surface area contributed by atoms with E-state index in [9.17, 15) is 0 Å². The van der Waals surface area contributed by atoms with E-state index in [2.05, 4.69) is 20.9 Å². The maximum atomic E-state index is 5.95. The molecule has 0 aliphatic carbocycles. The molecular weight excluding hydrogens is 286 g/mol. The Morgan fingerprint density at radius 2 is 2.06 bits per heavy atom. The minimum Gasteiger partial charge on any atom is -0.346 e.